The predicted molar refractivity (Wildman–Crippen MR) is 88.2 cm³/mol. The maximum absolute atomic E-state index is 13.5. The van der Waals surface area contributed by atoms with E-state index < -0.39 is 22.8 Å². The topological polar surface area (TPSA) is 43.6 Å². The molecule has 2 aromatic heterocycles. The zero-order valence-corrected chi connectivity index (χ0v) is 14.7. The monoisotopic (exact) mass is 422 g/mol. The van der Waals surface area contributed by atoms with Crippen molar-refractivity contribution in [3.8, 4) is 5.69 Å². The fourth-order valence-corrected chi connectivity index (χ4v) is 2.48. The number of rotatable bonds is 4. The summed E-state index contributed by atoms with van der Waals surface area (Å²) in [6.07, 6.45) is -1.87. The number of nitrogens with zero attached hydrogens (tertiary/aromatic N) is 4. The average molecular weight is 423 g/mol. The first-order chi connectivity index (χ1) is 12.5. The van der Waals surface area contributed by atoms with E-state index in [9.17, 15) is 22.0 Å². The molecule has 0 amide bonds. The lowest BCUT2D eigenvalue weighted by Crippen LogP contribution is -2.09. The molecule has 0 saturated heterocycles. The zero-order chi connectivity index (χ0) is 19.8. The van der Waals surface area contributed by atoms with E-state index in [4.69, 9.17) is 23.2 Å². The highest BCUT2D eigenvalue weighted by atomic mass is 35.5. The first-order valence-electron chi connectivity index (χ1n) is 7.34. The smallest absolute Gasteiger partial charge is 0.239 e. The number of halogens is 7. The van der Waals surface area contributed by atoms with Crippen LogP contribution in [-0.2, 0) is 18.0 Å². The molecule has 0 saturated carbocycles. The molecule has 4 nitrogen and oxygen atoms in total. The van der Waals surface area contributed by atoms with E-state index in [1.807, 2.05) is 0 Å². The van der Waals surface area contributed by atoms with Gasteiger partial charge in [-0.2, -0.15) is 27.1 Å². The van der Waals surface area contributed by atoms with Crippen molar-refractivity contribution < 1.29 is 22.0 Å². The van der Waals surface area contributed by atoms with Gasteiger partial charge in [-0.05, 0) is 41.9 Å². The normalized spacial score (nSPS) is 12.4. The van der Waals surface area contributed by atoms with Gasteiger partial charge in [0.2, 0.25) is 0 Å². The van der Waals surface area contributed by atoms with Crippen LogP contribution >= 0.6 is 23.2 Å². The third kappa shape index (κ3) is 4.54. The molecule has 0 fully saturated rings. The minimum absolute atomic E-state index is 0.0157. The summed E-state index contributed by atoms with van der Waals surface area (Å²) in [5.74, 6) is 0.261. The van der Waals surface area contributed by atoms with Crippen molar-refractivity contribution in [1.82, 2.24) is 19.7 Å². The minimum Gasteiger partial charge on any atom is -0.239 e. The van der Waals surface area contributed by atoms with Crippen molar-refractivity contribution >= 4 is 23.2 Å². The molecular formula is C16H9Cl2F5N4. The van der Waals surface area contributed by atoms with Crippen molar-refractivity contribution in [2.75, 3.05) is 0 Å². The van der Waals surface area contributed by atoms with Crippen molar-refractivity contribution in [3.05, 3.63) is 70.5 Å². The van der Waals surface area contributed by atoms with Crippen LogP contribution in [0, 0.1) is 0 Å². The molecule has 3 rings (SSSR count). The SMILES string of the molecule is FC(F)(F)c1ccc(-n2nc(C(F)(F)Cl)cc2Cc2ncc(Cl)cn2)cc1. The number of alkyl halides is 6. The van der Waals surface area contributed by atoms with Gasteiger partial charge in [0.1, 0.15) is 11.5 Å². The van der Waals surface area contributed by atoms with Crippen molar-refractivity contribution in [2.24, 2.45) is 0 Å². The summed E-state index contributed by atoms with van der Waals surface area (Å²) in [4.78, 5) is 7.95. The van der Waals surface area contributed by atoms with E-state index >= 15 is 0 Å². The zero-order valence-electron chi connectivity index (χ0n) is 13.2. The Morgan fingerprint density at radius 1 is 0.963 bits per heavy atom. The van der Waals surface area contributed by atoms with Crippen LogP contribution in [-0.4, -0.2) is 19.7 Å². The Bertz CT molecular complexity index is 931. The molecule has 142 valence electrons. The van der Waals surface area contributed by atoms with Crippen LogP contribution in [0.2, 0.25) is 5.02 Å². The first-order valence-corrected chi connectivity index (χ1v) is 8.10. The van der Waals surface area contributed by atoms with E-state index in [-0.39, 0.29) is 23.6 Å². The minimum atomic E-state index is -4.52. The second kappa shape index (κ2) is 7.05. The van der Waals surface area contributed by atoms with Gasteiger partial charge in [0, 0.05) is 12.4 Å². The Morgan fingerprint density at radius 2 is 1.56 bits per heavy atom. The molecule has 0 unspecified atom stereocenters. The van der Waals surface area contributed by atoms with Gasteiger partial charge in [-0.15, -0.1) is 0 Å². The van der Waals surface area contributed by atoms with Gasteiger partial charge < -0.3 is 0 Å². The quantitative estimate of drug-likeness (QED) is 0.427. The molecular weight excluding hydrogens is 414 g/mol. The fourth-order valence-electron chi connectivity index (χ4n) is 2.29. The number of hydrogen-bond acceptors (Lipinski definition) is 3. The highest BCUT2D eigenvalue weighted by molar-refractivity contribution is 6.30. The maximum atomic E-state index is 13.5. The van der Waals surface area contributed by atoms with Gasteiger partial charge in [0.15, 0.2) is 0 Å². The lowest BCUT2D eigenvalue weighted by molar-refractivity contribution is -0.137. The summed E-state index contributed by atoms with van der Waals surface area (Å²) < 4.78 is 66.2. The van der Waals surface area contributed by atoms with E-state index in [1.54, 1.807) is 0 Å². The standard InChI is InChI=1S/C16H9Cl2F5N4/c17-10-7-24-14(25-8-10)6-12-5-13(15(18,19)20)26-27(12)11-3-1-9(2-4-11)16(21,22)23/h1-5,7-8H,6H2. The molecule has 0 radical (unpaired) electrons. The van der Waals surface area contributed by atoms with Crippen LogP contribution < -0.4 is 0 Å². The third-order valence-electron chi connectivity index (χ3n) is 3.53. The Kier molecular flexibility index (Phi) is 5.09. The third-order valence-corrected chi connectivity index (χ3v) is 3.91. The van der Waals surface area contributed by atoms with Gasteiger partial charge in [0.05, 0.1) is 28.4 Å². The van der Waals surface area contributed by atoms with Crippen LogP contribution in [0.4, 0.5) is 22.0 Å². The van der Waals surface area contributed by atoms with E-state index in [1.165, 1.54) is 12.4 Å². The Morgan fingerprint density at radius 3 is 2.07 bits per heavy atom. The highest BCUT2D eigenvalue weighted by Crippen LogP contribution is 2.33. The van der Waals surface area contributed by atoms with Crippen LogP contribution in [0.3, 0.4) is 0 Å². The summed E-state index contributed by atoms with van der Waals surface area (Å²) >= 11 is 10.7. The molecule has 0 bridgehead atoms. The molecule has 11 heteroatoms. The molecule has 0 aliphatic carbocycles. The van der Waals surface area contributed by atoms with Gasteiger partial charge >= 0.3 is 11.6 Å². The van der Waals surface area contributed by atoms with Crippen LogP contribution in [0.5, 0.6) is 0 Å². The summed E-state index contributed by atoms with van der Waals surface area (Å²) in [7, 11) is 0. The number of benzene rings is 1. The molecule has 1 aromatic carbocycles. The van der Waals surface area contributed by atoms with Crippen LogP contribution in [0.15, 0.2) is 42.7 Å². The maximum Gasteiger partial charge on any atom is 0.416 e. The summed E-state index contributed by atoms with van der Waals surface area (Å²) in [5.41, 5.74) is -1.25. The van der Waals surface area contributed by atoms with Gasteiger partial charge in [0.25, 0.3) is 0 Å². The van der Waals surface area contributed by atoms with Crippen molar-refractivity contribution in [2.45, 2.75) is 18.0 Å². The first kappa shape index (κ1) is 19.5. The molecule has 27 heavy (non-hydrogen) atoms. The van der Waals surface area contributed by atoms with Crippen LogP contribution in [0.25, 0.3) is 5.69 Å². The second-order valence-corrected chi connectivity index (χ2v) is 6.38. The Labute approximate surface area is 159 Å². The molecule has 0 N–H and O–H groups in total. The average Bonchev–Trinajstić information content (AvgIpc) is 3.00. The Hall–Kier alpha value is -2.26. The molecule has 0 aliphatic heterocycles. The number of aromatic nitrogens is 4. The van der Waals surface area contributed by atoms with Crippen LogP contribution in [0.1, 0.15) is 22.8 Å². The second-order valence-electron chi connectivity index (χ2n) is 5.47. The highest BCUT2D eigenvalue weighted by Gasteiger charge is 2.33. The summed E-state index contributed by atoms with van der Waals surface area (Å²) in [5, 5.41) is 0.280. The lowest BCUT2D eigenvalue weighted by Gasteiger charge is -2.10. The lowest BCUT2D eigenvalue weighted by atomic mass is 10.2. The Balaban J connectivity index is 2.02. The van der Waals surface area contributed by atoms with Gasteiger partial charge in [-0.1, -0.05) is 11.6 Å². The van der Waals surface area contributed by atoms with Gasteiger partial charge in [-0.3, -0.25) is 0 Å². The van der Waals surface area contributed by atoms with Gasteiger partial charge in [-0.25, -0.2) is 14.6 Å². The fraction of sp³-hybridized carbons (Fsp3) is 0.188. The van der Waals surface area contributed by atoms with E-state index in [0.29, 0.717) is 5.02 Å². The molecule has 0 aliphatic rings. The van der Waals surface area contributed by atoms with E-state index in [2.05, 4.69) is 15.1 Å². The molecule has 0 atom stereocenters. The van der Waals surface area contributed by atoms with Crippen molar-refractivity contribution in [3.63, 3.8) is 0 Å². The summed E-state index contributed by atoms with van der Waals surface area (Å²) in [6, 6.07) is 4.95. The molecule has 3 aromatic rings. The predicted octanol–water partition coefficient (Wildman–Crippen LogP) is 5.21. The van der Waals surface area contributed by atoms with E-state index in [0.717, 1.165) is 35.0 Å². The largest absolute Gasteiger partial charge is 0.416 e. The number of hydrogen-bond donors (Lipinski definition) is 0. The molecule has 2 heterocycles. The molecule has 0 spiro atoms. The summed E-state index contributed by atoms with van der Waals surface area (Å²) in [6.45, 7) is 0. The van der Waals surface area contributed by atoms with Crippen molar-refractivity contribution in [1.29, 1.82) is 0 Å².